The SMILES string of the molecule is O=C1CCC(N2C(=O)c3ccc(CN4C5CCC4CN(c4cccc(Cl)c4Cl)C5)cc3C2=O)C(=O)N1. The van der Waals surface area contributed by atoms with Gasteiger partial charge in [-0.3, -0.25) is 34.3 Å². The van der Waals surface area contributed by atoms with Crippen LogP contribution in [-0.4, -0.2) is 64.6 Å². The zero-order valence-corrected chi connectivity index (χ0v) is 20.9. The quantitative estimate of drug-likeness (QED) is 0.615. The van der Waals surface area contributed by atoms with Crippen LogP contribution in [0, 0.1) is 0 Å². The Morgan fingerprint density at radius 1 is 0.889 bits per heavy atom. The molecular formula is C26H24Cl2N4O4. The third-order valence-corrected chi connectivity index (χ3v) is 8.58. The maximum atomic E-state index is 13.2. The van der Waals surface area contributed by atoms with Crippen LogP contribution in [-0.2, 0) is 16.1 Å². The maximum Gasteiger partial charge on any atom is 0.262 e. The number of rotatable bonds is 4. The molecule has 10 heteroatoms. The molecule has 6 rings (SSSR count). The number of piperidine rings is 1. The van der Waals surface area contributed by atoms with E-state index in [0.717, 1.165) is 42.1 Å². The number of hydrogen-bond donors (Lipinski definition) is 1. The molecule has 3 unspecified atom stereocenters. The number of carbonyl (C=O) groups is 4. The van der Waals surface area contributed by atoms with Crippen molar-refractivity contribution in [3.63, 3.8) is 0 Å². The summed E-state index contributed by atoms with van der Waals surface area (Å²) in [5.41, 5.74) is 2.53. The van der Waals surface area contributed by atoms with Gasteiger partial charge in [-0.1, -0.05) is 35.3 Å². The molecule has 2 aromatic rings. The lowest BCUT2D eigenvalue weighted by atomic mass is 10.0. The van der Waals surface area contributed by atoms with Crippen LogP contribution in [0.2, 0.25) is 10.0 Å². The number of hydrogen-bond acceptors (Lipinski definition) is 6. The number of benzene rings is 2. The first-order valence-corrected chi connectivity index (χ1v) is 12.9. The van der Waals surface area contributed by atoms with Gasteiger partial charge in [-0.05, 0) is 49.1 Å². The third-order valence-electron chi connectivity index (χ3n) is 7.77. The molecule has 3 fully saturated rings. The summed E-state index contributed by atoms with van der Waals surface area (Å²) in [5, 5.41) is 3.35. The Labute approximate surface area is 218 Å². The fourth-order valence-corrected chi connectivity index (χ4v) is 6.42. The number of anilines is 1. The van der Waals surface area contributed by atoms with Crippen molar-refractivity contribution >= 4 is 52.5 Å². The minimum absolute atomic E-state index is 0.101. The maximum absolute atomic E-state index is 13.2. The molecule has 0 aromatic heterocycles. The normalized spacial score (nSPS) is 26.0. The predicted octanol–water partition coefficient (Wildman–Crippen LogP) is 3.25. The van der Waals surface area contributed by atoms with Crippen LogP contribution in [0.4, 0.5) is 5.69 Å². The van der Waals surface area contributed by atoms with E-state index in [4.69, 9.17) is 23.2 Å². The molecule has 36 heavy (non-hydrogen) atoms. The van der Waals surface area contributed by atoms with Gasteiger partial charge in [0.2, 0.25) is 11.8 Å². The Morgan fingerprint density at radius 2 is 1.61 bits per heavy atom. The van der Waals surface area contributed by atoms with Crippen LogP contribution in [0.3, 0.4) is 0 Å². The van der Waals surface area contributed by atoms with E-state index in [0.29, 0.717) is 39.8 Å². The van der Waals surface area contributed by atoms with E-state index < -0.39 is 23.8 Å². The molecule has 4 heterocycles. The Hall–Kier alpha value is -2.94. The molecule has 0 radical (unpaired) electrons. The van der Waals surface area contributed by atoms with Gasteiger partial charge in [0.25, 0.3) is 11.8 Å². The molecule has 4 aliphatic heterocycles. The van der Waals surface area contributed by atoms with E-state index in [1.54, 1.807) is 18.2 Å². The van der Waals surface area contributed by atoms with Gasteiger partial charge in [0.1, 0.15) is 6.04 Å². The van der Waals surface area contributed by atoms with Gasteiger partial charge in [0, 0.05) is 38.1 Å². The number of amides is 4. The fourth-order valence-electron chi connectivity index (χ4n) is 6.01. The second-order valence-corrected chi connectivity index (χ2v) is 10.6. The van der Waals surface area contributed by atoms with Crippen LogP contribution in [0.1, 0.15) is 52.0 Å². The average molecular weight is 527 g/mol. The van der Waals surface area contributed by atoms with Crippen LogP contribution in [0.25, 0.3) is 0 Å². The molecule has 2 bridgehead atoms. The summed E-state index contributed by atoms with van der Waals surface area (Å²) in [7, 11) is 0. The van der Waals surface area contributed by atoms with Crippen molar-refractivity contribution in [2.75, 3.05) is 18.0 Å². The topological polar surface area (TPSA) is 90.0 Å². The molecule has 8 nitrogen and oxygen atoms in total. The lowest BCUT2D eigenvalue weighted by Crippen LogP contribution is -2.54. The van der Waals surface area contributed by atoms with Crippen LogP contribution < -0.4 is 10.2 Å². The number of imide groups is 2. The first kappa shape index (κ1) is 23.5. The molecule has 3 saturated heterocycles. The second-order valence-electron chi connectivity index (χ2n) is 9.86. The predicted molar refractivity (Wildman–Crippen MR) is 134 cm³/mol. The van der Waals surface area contributed by atoms with Gasteiger partial charge >= 0.3 is 0 Å². The molecular weight excluding hydrogens is 503 g/mol. The van der Waals surface area contributed by atoms with E-state index in [1.165, 1.54) is 0 Å². The van der Waals surface area contributed by atoms with Gasteiger partial charge in [-0.15, -0.1) is 0 Å². The van der Waals surface area contributed by atoms with Crippen molar-refractivity contribution in [2.24, 2.45) is 0 Å². The highest BCUT2D eigenvalue weighted by Gasteiger charge is 2.45. The van der Waals surface area contributed by atoms with E-state index in [-0.39, 0.29) is 18.7 Å². The number of piperazine rings is 1. The second kappa shape index (κ2) is 8.87. The van der Waals surface area contributed by atoms with Gasteiger partial charge < -0.3 is 4.90 Å². The Morgan fingerprint density at radius 3 is 2.33 bits per heavy atom. The molecule has 0 spiro atoms. The van der Waals surface area contributed by atoms with E-state index >= 15 is 0 Å². The minimum Gasteiger partial charge on any atom is -0.367 e. The van der Waals surface area contributed by atoms with Crippen molar-refractivity contribution in [3.8, 4) is 0 Å². The summed E-state index contributed by atoms with van der Waals surface area (Å²) in [5.74, 6) is -1.95. The molecule has 1 N–H and O–H groups in total. The zero-order chi connectivity index (χ0) is 25.1. The van der Waals surface area contributed by atoms with Crippen molar-refractivity contribution in [3.05, 3.63) is 63.1 Å². The van der Waals surface area contributed by atoms with Crippen LogP contribution in [0.5, 0.6) is 0 Å². The number of fused-ring (bicyclic) bond motifs is 3. The van der Waals surface area contributed by atoms with Crippen LogP contribution >= 0.6 is 23.2 Å². The van der Waals surface area contributed by atoms with Crippen molar-refractivity contribution in [1.29, 1.82) is 0 Å². The number of nitrogens with one attached hydrogen (secondary N) is 1. The van der Waals surface area contributed by atoms with Gasteiger partial charge in [-0.2, -0.15) is 0 Å². The average Bonchev–Trinajstić information content (AvgIpc) is 3.22. The molecule has 186 valence electrons. The monoisotopic (exact) mass is 526 g/mol. The highest BCUT2D eigenvalue weighted by Crippen LogP contribution is 2.39. The fraction of sp³-hybridized carbons (Fsp3) is 0.385. The smallest absolute Gasteiger partial charge is 0.262 e. The Bertz CT molecular complexity index is 1300. The van der Waals surface area contributed by atoms with Gasteiger partial charge in [-0.25, -0.2) is 0 Å². The number of halogens is 2. The Kier molecular flexibility index (Phi) is 5.78. The van der Waals surface area contributed by atoms with Gasteiger partial charge in [0.05, 0.1) is 26.9 Å². The van der Waals surface area contributed by atoms with E-state index in [2.05, 4.69) is 15.1 Å². The highest BCUT2D eigenvalue weighted by atomic mass is 35.5. The standard InChI is InChI=1S/C26H24Cl2N4O4/c27-19-2-1-3-20(23(19)28)30-12-15-5-6-16(13-30)31(15)11-14-4-7-17-18(10-14)26(36)32(25(17)35)21-8-9-22(33)29-24(21)34/h1-4,7,10,15-16,21H,5-6,8-9,11-13H2,(H,29,33,34). The molecule has 0 saturated carbocycles. The first-order chi connectivity index (χ1) is 17.3. The summed E-state index contributed by atoms with van der Waals surface area (Å²) in [6, 6.07) is 10.8. The van der Waals surface area contributed by atoms with Crippen LogP contribution in [0.15, 0.2) is 36.4 Å². The summed E-state index contributed by atoms with van der Waals surface area (Å²) in [4.78, 5) is 55.7. The van der Waals surface area contributed by atoms with Crippen molar-refractivity contribution in [2.45, 2.75) is 50.4 Å². The number of carbonyl (C=O) groups excluding carboxylic acids is 4. The Balaban J connectivity index is 1.19. The molecule has 3 atom stereocenters. The van der Waals surface area contributed by atoms with E-state index in [1.807, 2.05) is 18.2 Å². The van der Waals surface area contributed by atoms with Crippen molar-refractivity contribution in [1.82, 2.24) is 15.1 Å². The summed E-state index contributed by atoms with van der Waals surface area (Å²) in [6.07, 6.45) is 2.40. The summed E-state index contributed by atoms with van der Waals surface area (Å²) >= 11 is 12.7. The molecule has 0 aliphatic carbocycles. The third kappa shape index (κ3) is 3.79. The minimum atomic E-state index is -0.958. The lowest BCUT2D eigenvalue weighted by molar-refractivity contribution is -0.136. The van der Waals surface area contributed by atoms with Crippen molar-refractivity contribution < 1.29 is 19.2 Å². The van der Waals surface area contributed by atoms with E-state index in [9.17, 15) is 19.2 Å². The highest BCUT2D eigenvalue weighted by molar-refractivity contribution is 6.43. The first-order valence-electron chi connectivity index (χ1n) is 12.1. The lowest BCUT2D eigenvalue weighted by Gasteiger charge is -2.42. The largest absolute Gasteiger partial charge is 0.367 e. The molecule has 4 aliphatic rings. The molecule has 4 amide bonds. The molecule has 2 aromatic carbocycles. The number of nitrogens with zero attached hydrogens (tertiary/aromatic N) is 3. The zero-order valence-electron chi connectivity index (χ0n) is 19.4. The summed E-state index contributed by atoms with van der Waals surface area (Å²) in [6.45, 7) is 2.34. The van der Waals surface area contributed by atoms with Gasteiger partial charge in [0.15, 0.2) is 0 Å². The summed E-state index contributed by atoms with van der Waals surface area (Å²) < 4.78 is 0.